The molecule has 8 heteroatoms. The highest BCUT2D eigenvalue weighted by atomic mass is 19.4. The van der Waals surface area contributed by atoms with E-state index in [0.717, 1.165) is 5.56 Å². The van der Waals surface area contributed by atoms with Crippen molar-refractivity contribution in [1.82, 2.24) is 19.6 Å². The van der Waals surface area contributed by atoms with Gasteiger partial charge < -0.3 is 5.73 Å². The van der Waals surface area contributed by atoms with Gasteiger partial charge in [0, 0.05) is 51.0 Å². The molecule has 0 saturated carbocycles. The van der Waals surface area contributed by atoms with E-state index in [1.807, 2.05) is 20.2 Å². The highest BCUT2D eigenvalue weighted by molar-refractivity contribution is 5.13. The Labute approximate surface area is 122 Å². The molecular formula is C13H22F3N5. The maximum Gasteiger partial charge on any atom is 0.401 e. The summed E-state index contributed by atoms with van der Waals surface area (Å²) in [6.45, 7) is 3.05. The molecule has 5 nitrogen and oxygen atoms in total. The van der Waals surface area contributed by atoms with Crippen LogP contribution in [0.2, 0.25) is 0 Å². The Hall–Kier alpha value is -1.12. The van der Waals surface area contributed by atoms with Crippen LogP contribution in [0, 0.1) is 0 Å². The molecule has 2 rings (SSSR count). The third-order valence-corrected chi connectivity index (χ3v) is 3.77. The van der Waals surface area contributed by atoms with Gasteiger partial charge >= 0.3 is 6.18 Å². The largest absolute Gasteiger partial charge is 0.401 e. The summed E-state index contributed by atoms with van der Waals surface area (Å²) in [5.41, 5.74) is 7.08. The number of rotatable bonds is 4. The normalized spacial score (nSPS) is 21.4. The lowest BCUT2D eigenvalue weighted by Crippen LogP contribution is -2.52. The van der Waals surface area contributed by atoms with Crippen molar-refractivity contribution in [2.75, 3.05) is 32.7 Å². The van der Waals surface area contributed by atoms with Crippen LogP contribution in [0.1, 0.15) is 18.5 Å². The first-order chi connectivity index (χ1) is 9.76. The van der Waals surface area contributed by atoms with Crippen LogP contribution in [0.4, 0.5) is 13.2 Å². The number of hydrogen-bond donors (Lipinski definition) is 1. The standard InChI is InChI=1S/C13H22F3N5/c1-10(17)12(11-7-18-19(2)8-11)21-5-3-20(4-6-21)9-13(14,15)16/h7-8,10,12H,3-6,9,17H2,1-2H3. The van der Waals surface area contributed by atoms with Crippen LogP contribution in [0.5, 0.6) is 0 Å². The number of hydrogen-bond acceptors (Lipinski definition) is 4. The first-order valence-corrected chi connectivity index (χ1v) is 7.03. The number of piperazine rings is 1. The fourth-order valence-electron chi connectivity index (χ4n) is 2.89. The van der Waals surface area contributed by atoms with Crippen molar-refractivity contribution in [3.63, 3.8) is 0 Å². The van der Waals surface area contributed by atoms with Gasteiger partial charge in [-0.05, 0) is 6.92 Å². The fourth-order valence-corrected chi connectivity index (χ4v) is 2.89. The Morgan fingerprint density at radius 2 is 1.90 bits per heavy atom. The summed E-state index contributed by atoms with van der Waals surface area (Å²) in [7, 11) is 1.84. The maximum atomic E-state index is 12.4. The molecule has 1 aliphatic rings. The van der Waals surface area contributed by atoms with Gasteiger partial charge in [0.2, 0.25) is 0 Å². The number of halogens is 3. The van der Waals surface area contributed by atoms with Crippen LogP contribution in [0.3, 0.4) is 0 Å². The monoisotopic (exact) mass is 305 g/mol. The minimum absolute atomic E-state index is 0.00765. The molecule has 2 atom stereocenters. The summed E-state index contributed by atoms with van der Waals surface area (Å²) >= 11 is 0. The zero-order chi connectivity index (χ0) is 15.6. The minimum atomic E-state index is -4.13. The molecule has 1 fully saturated rings. The summed E-state index contributed by atoms with van der Waals surface area (Å²) < 4.78 is 38.9. The molecule has 2 heterocycles. The van der Waals surface area contributed by atoms with Crippen molar-refractivity contribution in [3.05, 3.63) is 18.0 Å². The smallest absolute Gasteiger partial charge is 0.326 e. The third kappa shape index (κ3) is 4.42. The van der Waals surface area contributed by atoms with E-state index in [9.17, 15) is 13.2 Å². The van der Waals surface area contributed by atoms with Crippen LogP contribution < -0.4 is 5.73 Å². The van der Waals surface area contributed by atoms with Crippen molar-refractivity contribution >= 4 is 0 Å². The predicted molar refractivity (Wildman–Crippen MR) is 73.7 cm³/mol. The number of aromatic nitrogens is 2. The molecule has 2 N–H and O–H groups in total. The van der Waals surface area contributed by atoms with E-state index in [-0.39, 0.29) is 12.1 Å². The first-order valence-electron chi connectivity index (χ1n) is 7.03. The molecule has 1 aromatic heterocycles. The number of nitrogens with two attached hydrogens (primary N) is 1. The van der Waals surface area contributed by atoms with E-state index in [0.29, 0.717) is 26.2 Å². The zero-order valence-electron chi connectivity index (χ0n) is 12.3. The van der Waals surface area contributed by atoms with E-state index in [1.165, 1.54) is 4.90 Å². The van der Waals surface area contributed by atoms with Crippen molar-refractivity contribution in [3.8, 4) is 0 Å². The molecule has 1 aromatic rings. The van der Waals surface area contributed by atoms with Gasteiger partial charge in [0.05, 0.1) is 18.8 Å². The van der Waals surface area contributed by atoms with Gasteiger partial charge in [-0.15, -0.1) is 0 Å². The number of alkyl halides is 3. The lowest BCUT2D eigenvalue weighted by Gasteiger charge is -2.40. The Morgan fingerprint density at radius 3 is 2.33 bits per heavy atom. The van der Waals surface area contributed by atoms with E-state index in [2.05, 4.69) is 10.00 Å². The van der Waals surface area contributed by atoms with Gasteiger partial charge in [0.15, 0.2) is 0 Å². The Morgan fingerprint density at radius 1 is 1.29 bits per heavy atom. The van der Waals surface area contributed by atoms with Crippen LogP contribution in [-0.2, 0) is 7.05 Å². The van der Waals surface area contributed by atoms with Crippen molar-refractivity contribution in [2.45, 2.75) is 25.2 Å². The maximum absolute atomic E-state index is 12.4. The molecule has 0 spiro atoms. The van der Waals surface area contributed by atoms with Gasteiger partial charge in [0.25, 0.3) is 0 Å². The quantitative estimate of drug-likeness (QED) is 0.901. The van der Waals surface area contributed by atoms with E-state index in [1.54, 1.807) is 10.9 Å². The molecule has 1 aliphatic heterocycles. The van der Waals surface area contributed by atoms with Crippen LogP contribution >= 0.6 is 0 Å². The topological polar surface area (TPSA) is 50.3 Å². The first kappa shape index (κ1) is 16.3. The van der Waals surface area contributed by atoms with E-state index < -0.39 is 12.7 Å². The second-order valence-electron chi connectivity index (χ2n) is 5.68. The van der Waals surface area contributed by atoms with Crippen molar-refractivity contribution in [1.29, 1.82) is 0 Å². The molecule has 21 heavy (non-hydrogen) atoms. The average Bonchev–Trinajstić information content (AvgIpc) is 2.76. The highest BCUT2D eigenvalue weighted by Gasteiger charge is 2.34. The lowest BCUT2D eigenvalue weighted by molar-refractivity contribution is -0.150. The van der Waals surface area contributed by atoms with Gasteiger partial charge in [0.1, 0.15) is 0 Å². The molecule has 0 aromatic carbocycles. The molecule has 2 unspecified atom stereocenters. The second kappa shape index (κ2) is 6.33. The Balaban J connectivity index is 1.98. The van der Waals surface area contributed by atoms with Crippen molar-refractivity contribution < 1.29 is 13.2 Å². The zero-order valence-corrected chi connectivity index (χ0v) is 12.3. The third-order valence-electron chi connectivity index (χ3n) is 3.77. The summed E-state index contributed by atoms with van der Waals surface area (Å²) in [5, 5.41) is 4.15. The summed E-state index contributed by atoms with van der Waals surface area (Å²) in [6, 6.07) is -0.116. The second-order valence-corrected chi connectivity index (χ2v) is 5.68. The van der Waals surface area contributed by atoms with E-state index >= 15 is 0 Å². The molecular weight excluding hydrogens is 283 g/mol. The molecule has 0 bridgehead atoms. The van der Waals surface area contributed by atoms with E-state index in [4.69, 9.17) is 5.73 Å². The molecule has 0 radical (unpaired) electrons. The number of nitrogens with zero attached hydrogens (tertiary/aromatic N) is 4. The van der Waals surface area contributed by atoms with Crippen LogP contribution in [-0.4, -0.2) is 64.5 Å². The highest BCUT2D eigenvalue weighted by Crippen LogP contribution is 2.25. The van der Waals surface area contributed by atoms with Gasteiger partial charge in [-0.25, -0.2) is 0 Å². The predicted octanol–water partition coefficient (Wildman–Crippen LogP) is 0.988. The Kier molecular flexibility index (Phi) is 4.90. The molecule has 0 amide bonds. The van der Waals surface area contributed by atoms with Gasteiger partial charge in [-0.3, -0.25) is 14.5 Å². The summed E-state index contributed by atoms with van der Waals surface area (Å²) in [5.74, 6) is 0. The van der Waals surface area contributed by atoms with Gasteiger partial charge in [-0.2, -0.15) is 18.3 Å². The SMILES string of the molecule is CC(N)C(c1cnn(C)c1)N1CCN(CC(F)(F)F)CC1. The Bertz CT molecular complexity index is 449. The van der Waals surface area contributed by atoms with Crippen molar-refractivity contribution in [2.24, 2.45) is 12.8 Å². The molecule has 0 aliphatic carbocycles. The fraction of sp³-hybridized carbons (Fsp3) is 0.769. The lowest BCUT2D eigenvalue weighted by atomic mass is 10.0. The minimum Gasteiger partial charge on any atom is -0.326 e. The molecule has 120 valence electrons. The van der Waals surface area contributed by atoms with Gasteiger partial charge in [-0.1, -0.05) is 0 Å². The summed E-state index contributed by atoms with van der Waals surface area (Å²) in [4.78, 5) is 3.59. The van der Waals surface area contributed by atoms with Crippen LogP contribution in [0.15, 0.2) is 12.4 Å². The molecule has 1 saturated heterocycles. The number of aryl methyl sites for hydroxylation is 1. The average molecular weight is 305 g/mol. The summed E-state index contributed by atoms with van der Waals surface area (Å²) in [6.07, 6.45) is -0.446. The van der Waals surface area contributed by atoms with Crippen LogP contribution in [0.25, 0.3) is 0 Å².